The molecule has 0 aromatic heterocycles. The molecule has 0 aliphatic heterocycles. The van der Waals surface area contributed by atoms with Crippen molar-refractivity contribution in [3.63, 3.8) is 0 Å². The Hall–Kier alpha value is 0. The van der Waals surface area contributed by atoms with Gasteiger partial charge in [-0.25, -0.2) is 0 Å². The van der Waals surface area contributed by atoms with Crippen LogP contribution in [0, 0.1) is 90.1 Å². The summed E-state index contributed by atoms with van der Waals surface area (Å²) >= 11 is 0. The SMILES string of the molecule is CC(C)(C)C.CC1CCC2(CC1)CC(C)(C)CC(C)(C)C2.CC1CCC2(CC1)CCC(C)(C)CC2.CC1CCC2(CCCC2)CC1.CC1CCC2(CCCCC2)CC1.[2H]C(C)(C)C.[2H]C([2H])(C)C(C)(C)C.[2H]C([2H])(C)C(C)C.[2H]C1(C)CCCC1. The molecule has 9 saturated carbocycles. The second kappa shape index (κ2) is 36.2. The van der Waals surface area contributed by atoms with Gasteiger partial charge in [0.15, 0.2) is 0 Å². The van der Waals surface area contributed by atoms with Crippen molar-refractivity contribution < 1.29 is 8.22 Å². The third kappa shape index (κ3) is 36.6. The monoisotopic (exact) mass is 1110 g/mol. The van der Waals surface area contributed by atoms with Crippen LogP contribution in [0.15, 0.2) is 0 Å². The summed E-state index contributed by atoms with van der Waals surface area (Å²) in [6, 6.07) is 0. The molecule has 0 N–H and O–H groups in total. The summed E-state index contributed by atoms with van der Waals surface area (Å²) in [6.07, 6.45) is 51.2. The van der Waals surface area contributed by atoms with Gasteiger partial charge < -0.3 is 0 Å². The highest BCUT2D eigenvalue weighted by Gasteiger charge is 2.48. The van der Waals surface area contributed by atoms with Crippen LogP contribution in [0.3, 0.4) is 0 Å². The Morgan fingerprint density at radius 1 is 0.380 bits per heavy atom. The fourth-order valence-corrected chi connectivity index (χ4v) is 15.7. The van der Waals surface area contributed by atoms with E-state index in [4.69, 9.17) is 8.22 Å². The highest BCUT2D eigenvalue weighted by molar-refractivity contribution is 4.99. The fraction of sp³-hybridized carbons (Fsp3) is 1.00. The topological polar surface area (TPSA) is 0 Å². The summed E-state index contributed by atoms with van der Waals surface area (Å²) in [5.41, 5.74) is 5.25. The Morgan fingerprint density at radius 3 is 0.848 bits per heavy atom. The minimum Gasteiger partial charge on any atom is -0.0651 e. The maximum atomic E-state index is 7.49. The van der Waals surface area contributed by atoms with Crippen LogP contribution in [0.1, 0.15) is 425 Å². The molecular weight excluding hydrogens is 949 g/mol. The van der Waals surface area contributed by atoms with Crippen molar-refractivity contribution in [1.29, 1.82) is 0 Å². The molecule has 0 atom stereocenters. The van der Waals surface area contributed by atoms with Crippen molar-refractivity contribution in [3.8, 4) is 0 Å². The average molecular weight is 1110 g/mol. The molecule has 79 heavy (non-hydrogen) atoms. The molecule has 474 valence electrons. The first-order valence-corrected chi connectivity index (χ1v) is 35.3. The van der Waals surface area contributed by atoms with E-state index < -0.39 is 12.7 Å². The summed E-state index contributed by atoms with van der Waals surface area (Å²) in [7, 11) is 0. The van der Waals surface area contributed by atoms with Gasteiger partial charge in [-0.3, -0.25) is 0 Å². The first kappa shape index (κ1) is 66.5. The van der Waals surface area contributed by atoms with Crippen LogP contribution in [-0.4, -0.2) is 0 Å². The molecule has 0 aromatic rings. The van der Waals surface area contributed by atoms with Gasteiger partial charge in [0, 0.05) is 8.22 Å². The molecule has 0 saturated heterocycles. The van der Waals surface area contributed by atoms with Gasteiger partial charge in [0.2, 0.25) is 0 Å². The van der Waals surface area contributed by atoms with E-state index in [2.05, 4.69) is 96.9 Å². The van der Waals surface area contributed by atoms with Gasteiger partial charge in [-0.1, -0.05) is 295 Å². The third-order valence-corrected chi connectivity index (χ3v) is 21.0. The zero-order valence-corrected chi connectivity index (χ0v) is 59.8. The van der Waals surface area contributed by atoms with Gasteiger partial charge in [0.25, 0.3) is 0 Å². The largest absolute Gasteiger partial charge is 0.0651 e. The maximum absolute atomic E-state index is 7.49. The van der Waals surface area contributed by atoms with Gasteiger partial charge >= 0.3 is 0 Å². The van der Waals surface area contributed by atoms with Crippen molar-refractivity contribution in [1.82, 2.24) is 0 Å². The quantitative estimate of drug-likeness (QED) is 0.245. The zero-order chi connectivity index (χ0) is 65.8. The van der Waals surface area contributed by atoms with Gasteiger partial charge in [-0.2, -0.15) is 0 Å². The summed E-state index contributed by atoms with van der Waals surface area (Å²) in [6.45, 7) is 53.6. The number of hydrogen-bond donors (Lipinski definition) is 0. The maximum Gasteiger partial charge on any atom is 0.0300 e. The van der Waals surface area contributed by atoms with E-state index in [9.17, 15) is 0 Å². The van der Waals surface area contributed by atoms with Crippen molar-refractivity contribution in [2.24, 2.45) is 90.1 Å². The van der Waals surface area contributed by atoms with E-state index in [0.717, 1.165) is 52.8 Å². The molecule has 9 fully saturated rings. The third-order valence-electron chi connectivity index (χ3n) is 21.0. The van der Waals surface area contributed by atoms with Crippen LogP contribution in [0.4, 0.5) is 0 Å². The normalized spacial score (nSPS) is 28.0. The molecule has 0 radical (unpaired) electrons. The van der Waals surface area contributed by atoms with E-state index in [0.29, 0.717) is 27.1 Å². The lowest BCUT2D eigenvalue weighted by molar-refractivity contribution is -0.0321. The minimum absolute atomic E-state index is 0.0556. The number of rotatable bonds is 1. The van der Waals surface area contributed by atoms with Crippen LogP contribution in [-0.2, 0) is 0 Å². The molecule has 0 nitrogen and oxygen atoms in total. The van der Waals surface area contributed by atoms with Crippen molar-refractivity contribution in [3.05, 3.63) is 0 Å². The summed E-state index contributed by atoms with van der Waals surface area (Å²) in [4.78, 5) is 0. The molecule has 0 bridgehead atoms. The standard InChI is InChI=1S/C16H30.C14H26.C12H22.C11H20.C6H12.C6H14.2C5H12.C4H10/c1-13-6-8-16(9-7-13)11-14(2,3)10-15(4,5)12-16;1-12-4-6-14(7-5-12)10-8-13(2,3)9-11-14;1-11-5-9-12(10-6-11)7-3-2-4-8-12;1-10-4-8-11(9-5-10)6-2-3-7-11;1-6-4-2-3-5-6;1-5-6(2,3)4;1-5(2,3)4;1-4-5(2)3;1-4(2)3/h13H,6-12H2,1-5H3;12H,4-11H2,1-3H3;11H,2-10H2,1H3;10H,2-9H2,1H3;6H,2-5H2,1H3;5H2,1-4H3;1-4H3;5H,4H2,1-3H3;4H,1-3H3/i;;;;6D;5D2;;4D2;4D. The number of hydrogen-bond acceptors (Lipinski definition) is 0. The molecule has 9 aliphatic carbocycles. The van der Waals surface area contributed by atoms with Crippen molar-refractivity contribution >= 4 is 0 Å². The molecule has 9 rings (SSSR count). The van der Waals surface area contributed by atoms with Crippen LogP contribution in [0.2, 0.25) is 0 Å². The summed E-state index contributed by atoms with van der Waals surface area (Å²) in [5.74, 6) is 3.88. The Balaban J connectivity index is 0.000000491. The molecule has 4 spiro atoms. The van der Waals surface area contributed by atoms with Crippen LogP contribution in [0.25, 0.3) is 0 Å². The van der Waals surface area contributed by atoms with Gasteiger partial charge in [-0.05, 0) is 212 Å². The van der Waals surface area contributed by atoms with Crippen LogP contribution >= 0.6 is 0 Å². The highest BCUT2D eigenvalue weighted by Crippen LogP contribution is 2.60. The van der Waals surface area contributed by atoms with E-state index in [1.54, 1.807) is 65.2 Å². The first-order valence-electron chi connectivity index (χ1n) is 38.3. The van der Waals surface area contributed by atoms with Gasteiger partial charge in [0.05, 0.1) is 0 Å². The Morgan fingerprint density at radius 2 is 0.620 bits per heavy atom. The van der Waals surface area contributed by atoms with E-state index >= 15 is 0 Å². The first-order chi connectivity index (χ1) is 38.3. The van der Waals surface area contributed by atoms with Crippen LogP contribution < -0.4 is 0 Å². The molecule has 0 heteroatoms. The average Bonchev–Trinajstić information content (AvgIpc) is 2.81. The molecule has 9 aliphatic rings. The predicted octanol–water partition coefficient (Wildman–Crippen LogP) is 28.5. The summed E-state index contributed by atoms with van der Waals surface area (Å²) in [5, 5.41) is 0. The highest BCUT2D eigenvalue weighted by atomic mass is 14.5. The Bertz CT molecular complexity index is 1640. The lowest BCUT2D eigenvalue weighted by Crippen LogP contribution is -2.43. The Kier molecular flexibility index (Phi) is 30.5. The van der Waals surface area contributed by atoms with E-state index in [1.807, 2.05) is 62.3 Å². The lowest BCUT2D eigenvalue weighted by atomic mass is 9.51. The van der Waals surface area contributed by atoms with Gasteiger partial charge in [0.1, 0.15) is 0 Å². The van der Waals surface area contributed by atoms with E-state index in [1.165, 1.54) is 167 Å². The summed E-state index contributed by atoms with van der Waals surface area (Å²) < 4.78 is 43.0. The second-order valence-corrected chi connectivity index (χ2v) is 36.1. The molecular formula is C79H158. The smallest absolute Gasteiger partial charge is 0.0300 e. The van der Waals surface area contributed by atoms with Crippen molar-refractivity contribution in [2.45, 2.75) is 417 Å². The Labute approximate surface area is 513 Å². The van der Waals surface area contributed by atoms with Crippen molar-refractivity contribution in [2.75, 3.05) is 0 Å². The molecule has 0 amide bonds. The zero-order valence-electron chi connectivity index (χ0n) is 65.8. The van der Waals surface area contributed by atoms with Crippen LogP contribution in [0.5, 0.6) is 0 Å². The predicted molar refractivity (Wildman–Crippen MR) is 364 cm³/mol. The molecule has 0 aromatic carbocycles. The minimum atomic E-state index is -1.06. The van der Waals surface area contributed by atoms with E-state index in [-0.39, 0.29) is 23.1 Å². The molecule has 0 heterocycles. The van der Waals surface area contributed by atoms with Gasteiger partial charge in [-0.15, -0.1) is 0 Å². The fourth-order valence-electron chi connectivity index (χ4n) is 15.7. The second-order valence-electron chi connectivity index (χ2n) is 36.1. The molecule has 0 unspecified atom stereocenters. The lowest BCUT2D eigenvalue weighted by Gasteiger charge is -2.54.